The first-order valence-electron chi connectivity index (χ1n) is 22.9. The molecule has 5 heteroatoms. The minimum absolute atomic E-state index is 0.0332. The molecule has 10 aromatic carbocycles. The molecule has 0 N–H and O–H groups in total. The van der Waals surface area contributed by atoms with E-state index in [0.717, 1.165) is 28.4 Å². The summed E-state index contributed by atoms with van der Waals surface area (Å²) in [6, 6.07) is 97.0. The first-order valence-corrected chi connectivity index (χ1v) is 24.9. The first-order chi connectivity index (χ1) is 32.7. The lowest BCUT2D eigenvalue weighted by Crippen LogP contribution is -2.75. The fourth-order valence-electron chi connectivity index (χ4n) is 10.8. The molecule has 312 valence electrons. The van der Waals surface area contributed by atoms with Gasteiger partial charge in [-0.15, -0.1) is 0 Å². The maximum absolute atomic E-state index is 3.04. The van der Waals surface area contributed by atoms with Gasteiger partial charge < -0.3 is 14.7 Å². The van der Waals surface area contributed by atoms with Gasteiger partial charge in [-0.05, 0) is 123 Å². The molecule has 0 saturated carbocycles. The second-order valence-corrected chi connectivity index (χ2v) is 21.2. The Labute approximate surface area is 389 Å². The largest absolute Gasteiger partial charge is 0.311 e. The molecule has 0 saturated heterocycles. The van der Waals surface area contributed by atoms with E-state index in [9.17, 15) is 0 Å². The van der Waals surface area contributed by atoms with Crippen LogP contribution in [-0.4, -0.2) is 14.8 Å². The summed E-state index contributed by atoms with van der Waals surface area (Å²) < 4.78 is 0. The van der Waals surface area contributed by atoms with E-state index in [2.05, 4.69) is 282 Å². The Balaban J connectivity index is 1.23. The number of hydrogen-bond donors (Lipinski definition) is 0. The molecule has 0 fully saturated rings. The molecule has 10 aromatic rings. The maximum atomic E-state index is 2.59. The number of nitrogens with zero attached hydrogens (tertiary/aromatic N) is 3. The first kappa shape index (κ1) is 39.5. The molecule has 2 aliphatic rings. The van der Waals surface area contributed by atoms with Crippen LogP contribution in [0.15, 0.2) is 261 Å². The average Bonchev–Trinajstić information content (AvgIpc) is 3.39. The van der Waals surface area contributed by atoms with Gasteiger partial charge in [0.1, 0.15) is 0 Å². The van der Waals surface area contributed by atoms with Gasteiger partial charge in [0.05, 0.1) is 0 Å². The van der Waals surface area contributed by atoms with E-state index < -0.39 is 8.07 Å². The Kier molecular flexibility index (Phi) is 9.84. The predicted octanol–water partition coefficient (Wildman–Crippen LogP) is 10.9. The zero-order chi connectivity index (χ0) is 44.0. The number of fused-ring (bicyclic) bond motifs is 4. The number of aryl methyl sites for hydroxylation is 1. The highest BCUT2D eigenvalue weighted by Gasteiger charge is 2.47. The van der Waals surface area contributed by atoms with Crippen molar-refractivity contribution in [3.8, 4) is 0 Å². The van der Waals surface area contributed by atoms with Crippen LogP contribution in [-0.2, 0) is 0 Å². The van der Waals surface area contributed by atoms with Gasteiger partial charge in [0.2, 0.25) is 0 Å². The summed E-state index contributed by atoms with van der Waals surface area (Å²) in [5.74, 6) is 0. The van der Waals surface area contributed by atoms with Crippen LogP contribution in [0.2, 0.25) is 0 Å². The molecule has 0 aromatic heterocycles. The van der Waals surface area contributed by atoms with E-state index in [1.54, 1.807) is 0 Å². The SMILES string of the molecule is Cc1ccc(N2c3cc(N(c4ccccc4)c4ccccc4)ccc3B3c4ccccc4N(c4ccccc4)c4cc([Si](c5ccccc5)(c5ccccc5)c5ccccc5)cc2c43)cc1. The van der Waals surface area contributed by atoms with Crippen LogP contribution in [0.1, 0.15) is 5.56 Å². The van der Waals surface area contributed by atoms with Crippen LogP contribution in [0.3, 0.4) is 0 Å². The fourth-order valence-corrected chi connectivity index (χ4v) is 15.6. The number of rotatable bonds is 9. The lowest BCUT2D eigenvalue weighted by molar-refractivity contribution is 1.24. The predicted molar refractivity (Wildman–Crippen MR) is 284 cm³/mol. The van der Waals surface area contributed by atoms with Crippen molar-refractivity contribution in [2.24, 2.45) is 0 Å². The summed E-state index contributed by atoms with van der Waals surface area (Å²) >= 11 is 0. The molecule has 0 aliphatic carbocycles. The third-order valence-electron chi connectivity index (χ3n) is 13.6. The van der Waals surface area contributed by atoms with Gasteiger partial charge in [0.25, 0.3) is 6.71 Å². The van der Waals surface area contributed by atoms with Crippen molar-refractivity contribution in [3.05, 3.63) is 266 Å². The number of hydrogen-bond acceptors (Lipinski definition) is 3. The summed E-state index contributed by atoms with van der Waals surface area (Å²) in [6.07, 6.45) is 0. The zero-order valence-corrected chi connectivity index (χ0v) is 37.7. The van der Waals surface area contributed by atoms with E-state index in [1.807, 2.05) is 0 Å². The third-order valence-corrected chi connectivity index (χ3v) is 18.4. The average molecular weight is 860 g/mol. The van der Waals surface area contributed by atoms with Crippen LogP contribution < -0.4 is 51.8 Å². The monoisotopic (exact) mass is 859 g/mol. The van der Waals surface area contributed by atoms with Crippen LogP contribution >= 0.6 is 0 Å². The molecule has 12 rings (SSSR count). The second-order valence-electron chi connectivity index (χ2n) is 17.4. The highest BCUT2D eigenvalue weighted by Crippen LogP contribution is 2.45. The third kappa shape index (κ3) is 6.42. The fraction of sp³-hybridized carbons (Fsp3) is 0.0164. The molecule has 0 spiro atoms. The van der Waals surface area contributed by atoms with Gasteiger partial charge in [-0.3, -0.25) is 0 Å². The van der Waals surface area contributed by atoms with E-state index in [0.29, 0.717) is 0 Å². The molecule has 2 aliphatic heterocycles. The lowest BCUT2D eigenvalue weighted by Gasteiger charge is -2.46. The highest BCUT2D eigenvalue weighted by molar-refractivity contribution is 7.20. The van der Waals surface area contributed by atoms with Gasteiger partial charge in [0, 0.05) is 51.2 Å². The molecular weight excluding hydrogens is 814 g/mol. The van der Waals surface area contributed by atoms with Crippen LogP contribution in [0.4, 0.5) is 51.2 Å². The van der Waals surface area contributed by atoms with Crippen molar-refractivity contribution in [2.75, 3.05) is 14.7 Å². The normalized spacial score (nSPS) is 12.5. The Bertz CT molecular complexity index is 3180. The zero-order valence-electron chi connectivity index (χ0n) is 36.7. The minimum Gasteiger partial charge on any atom is -0.311 e. The quantitative estimate of drug-likeness (QED) is 0.106. The summed E-state index contributed by atoms with van der Waals surface area (Å²) in [5, 5.41) is 5.35. The lowest BCUT2D eigenvalue weighted by atomic mass is 9.33. The van der Waals surface area contributed by atoms with E-state index in [4.69, 9.17) is 0 Å². The van der Waals surface area contributed by atoms with Gasteiger partial charge in [0.15, 0.2) is 8.07 Å². The summed E-state index contributed by atoms with van der Waals surface area (Å²) in [5.41, 5.74) is 15.5. The number of anilines is 9. The molecule has 0 atom stereocenters. The van der Waals surface area contributed by atoms with E-state index in [1.165, 1.54) is 65.4 Å². The van der Waals surface area contributed by atoms with E-state index in [-0.39, 0.29) is 6.71 Å². The molecule has 0 amide bonds. The van der Waals surface area contributed by atoms with Crippen molar-refractivity contribution in [1.29, 1.82) is 0 Å². The standard InChI is InChI=1S/C61H46BN3Si/c1-45-36-38-49(39-37-45)65-58-42-50(63(46-22-8-2-9-23-46)47-24-10-3-11-25-47)40-41-56(58)62-55-34-20-21-35-57(55)64(48-26-12-4-13-27-48)59-43-54(44-60(65)61(59)62)66(51-28-14-5-15-29-51,52-30-16-6-17-31-52)53-32-18-7-19-33-53/h2-44H,1H3. The number of para-hydroxylation sites is 4. The maximum Gasteiger partial charge on any atom is 0.252 e. The van der Waals surface area contributed by atoms with Crippen molar-refractivity contribution in [3.63, 3.8) is 0 Å². The molecule has 66 heavy (non-hydrogen) atoms. The van der Waals surface area contributed by atoms with Crippen LogP contribution in [0.25, 0.3) is 0 Å². The molecular formula is C61H46BN3Si. The molecule has 0 unspecified atom stereocenters. The van der Waals surface area contributed by atoms with Crippen molar-refractivity contribution in [1.82, 2.24) is 0 Å². The van der Waals surface area contributed by atoms with Crippen molar-refractivity contribution >= 4 is 103 Å². The smallest absolute Gasteiger partial charge is 0.252 e. The number of benzene rings is 10. The van der Waals surface area contributed by atoms with Crippen molar-refractivity contribution in [2.45, 2.75) is 6.92 Å². The van der Waals surface area contributed by atoms with Gasteiger partial charge in [-0.25, -0.2) is 0 Å². The van der Waals surface area contributed by atoms with Crippen LogP contribution in [0.5, 0.6) is 0 Å². The Morgan fingerprint density at radius 1 is 0.333 bits per heavy atom. The topological polar surface area (TPSA) is 9.72 Å². The second kappa shape index (κ2) is 16.5. The molecule has 2 heterocycles. The molecule has 3 nitrogen and oxygen atoms in total. The van der Waals surface area contributed by atoms with Gasteiger partial charge >= 0.3 is 0 Å². The van der Waals surface area contributed by atoms with Gasteiger partial charge in [-0.1, -0.05) is 188 Å². The molecule has 0 bridgehead atoms. The summed E-state index contributed by atoms with van der Waals surface area (Å²) in [4.78, 5) is 7.49. The van der Waals surface area contributed by atoms with Crippen molar-refractivity contribution < 1.29 is 0 Å². The van der Waals surface area contributed by atoms with E-state index >= 15 is 0 Å². The Morgan fingerprint density at radius 3 is 1.29 bits per heavy atom. The summed E-state index contributed by atoms with van der Waals surface area (Å²) in [7, 11) is -3.04. The Hall–Kier alpha value is -8.12. The summed E-state index contributed by atoms with van der Waals surface area (Å²) in [6.45, 7) is 2.14. The minimum atomic E-state index is -3.04. The highest BCUT2D eigenvalue weighted by atomic mass is 28.3. The van der Waals surface area contributed by atoms with Gasteiger partial charge in [-0.2, -0.15) is 0 Å². The molecule has 0 radical (unpaired) electrons. The van der Waals surface area contributed by atoms with Crippen LogP contribution in [0, 0.1) is 6.92 Å². The Morgan fingerprint density at radius 2 is 0.758 bits per heavy atom.